The lowest BCUT2D eigenvalue weighted by atomic mass is 10.1. The van der Waals surface area contributed by atoms with Crippen LogP contribution < -0.4 is 20.7 Å². The van der Waals surface area contributed by atoms with Crippen LogP contribution in [0.25, 0.3) is 0 Å². The molecule has 0 bridgehead atoms. The van der Waals surface area contributed by atoms with Crippen molar-refractivity contribution < 1.29 is 14.3 Å². The maximum Gasteiger partial charge on any atom is 0.241 e. The molecule has 0 heterocycles. The van der Waals surface area contributed by atoms with E-state index in [0.29, 0.717) is 25.7 Å². The van der Waals surface area contributed by atoms with Crippen LogP contribution in [0.1, 0.15) is 18.1 Å². The lowest BCUT2D eigenvalue weighted by molar-refractivity contribution is -0.119. The molecule has 0 aliphatic carbocycles. The van der Waals surface area contributed by atoms with Gasteiger partial charge in [0.2, 0.25) is 5.91 Å². The Hall–Kier alpha value is -1.55. The molecular weight excluding hydrogens is 447 g/mol. The van der Waals surface area contributed by atoms with Gasteiger partial charge in [0, 0.05) is 26.7 Å². The van der Waals surface area contributed by atoms with Gasteiger partial charge in [-0.25, -0.2) is 4.99 Å². The lowest BCUT2D eigenvalue weighted by Crippen LogP contribution is -2.39. The zero-order valence-corrected chi connectivity index (χ0v) is 18.4. The molecule has 0 aromatic heterocycles. The molecule has 0 saturated carbocycles. The first-order chi connectivity index (χ1) is 12.1. The molecule has 0 aliphatic rings. The Labute approximate surface area is 173 Å². The Morgan fingerprint density at radius 2 is 1.92 bits per heavy atom. The van der Waals surface area contributed by atoms with Crippen molar-refractivity contribution in [2.75, 3.05) is 47.0 Å². The third-order valence-corrected chi connectivity index (χ3v) is 3.48. The normalized spacial score (nSPS) is 10.7. The van der Waals surface area contributed by atoms with Gasteiger partial charge in [-0.05, 0) is 31.9 Å². The van der Waals surface area contributed by atoms with Gasteiger partial charge in [0.15, 0.2) is 5.96 Å². The van der Waals surface area contributed by atoms with Gasteiger partial charge in [0.05, 0.1) is 13.7 Å². The fourth-order valence-electron chi connectivity index (χ4n) is 2.26. The fourth-order valence-corrected chi connectivity index (χ4v) is 2.26. The van der Waals surface area contributed by atoms with Crippen molar-refractivity contribution in [3.63, 3.8) is 0 Å². The summed E-state index contributed by atoms with van der Waals surface area (Å²) >= 11 is 0. The van der Waals surface area contributed by atoms with E-state index in [-0.39, 0.29) is 36.4 Å². The third-order valence-electron chi connectivity index (χ3n) is 3.48. The first-order valence-electron chi connectivity index (χ1n) is 8.52. The van der Waals surface area contributed by atoms with Crippen LogP contribution in [0.15, 0.2) is 23.2 Å². The highest BCUT2D eigenvalue weighted by molar-refractivity contribution is 14.0. The van der Waals surface area contributed by atoms with Gasteiger partial charge in [-0.3, -0.25) is 4.79 Å². The number of methoxy groups -OCH3 is 2. The highest BCUT2D eigenvalue weighted by atomic mass is 127. The summed E-state index contributed by atoms with van der Waals surface area (Å²) in [4.78, 5) is 16.0. The molecule has 0 spiro atoms. The average molecular weight is 478 g/mol. The Bertz CT molecular complexity index is 567. The molecule has 0 fully saturated rings. The monoisotopic (exact) mass is 478 g/mol. The van der Waals surface area contributed by atoms with E-state index >= 15 is 0 Å². The van der Waals surface area contributed by atoms with Gasteiger partial charge in [0.1, 0.15) is 12.3 Å². The number of guanidine groups is 1. The van der Waals surface area contributed by atoms with Gasteiger partial charge in [-0.15, -0.1) is 24.0 Å². The van der Waals surface area contributed by atoms with Gasteiger partial charge >= 0.3 is 0 Å². The maximum atomic E-state index is 11.7. The van der Waals surface area contributed by atoms with Crippen molar-refractivity contribution >= 4 is 35.8 Å². The van der Waals surface area contributed by atoms with Crippen molar-refractivity contribution in [1.29, 1.82) is 0 Å². The van der Waals surface area contributed by atoms with E-state index < -0.39 is 0 Å². The number of hydrogen-bond donors (Lipinski definition) is 3. The van der Waals surface area contributed by atoms with E-state index in [1.807, 2.05) is 19.1 Å². The van der Waals surface area contributed by atoms with Gasteiger partial charge in [-0.1, -0.05) is 17.7 Å². The van der Waals surface area contributed by atoms with Gasteiger partial charge < -0.3 is 25.4 Å². The topological polar surface area (TPSA) is 84.0 Å². The minimum absolute atomic E-state index is 0. The number of halogens is 1. The number of aryl methyl sites for hydroxylation is 1. The molecule has 1 amide bonds. The zero-order valence-electron chi connectivity index (χ0n) is 16.1. The summed E-state index contributed by atoms with van der Waals surface area (Å²) in [7, 11) is 3.27. The van der Waals surface area contributed by atoms with E-state index in [0.717, 1.165) is 24.3 Å². The number of aliphatic imine (C=N–C) groups is 1. The number of hydrogen-bond acceptors (Lipinski definition) is 4. The Morgan fingerprint density at radius 3 is 2.58 bits per heavy atom. The first kappa shape index (κ1) is 24.5. The van der Waals surface area contributed by atoms with Crippen LogP contribution in [0, 0.1) is 6.92 Å². The van der Waals surface area contributed by atoms with E-state index in [1.165, 1.54) is 5.56 Å². The van der Waals surface area contributed by atoms with Crippen LogP contribution in [-0.2, 0) is 16.0 Å². The molecular formula is C18H31IN4O3. The molecule has 8 heteroatoms. The van der Waals surface area contributed by atoms with Crippen LogP contribution >= 0.6 is 24.0 Å². The van der Waals surface area contributed by atoms with Crippen LogP contribution in [-0.4, -0.2) is 58.9 Å². The van der Waals surface area contributed by atoms with E-state index in [1.54, 1.807) is 14.2 Å². The summed E-state index contributed by atoms with van der Waals surface area (Å²) < 4.78 is 10.3. The van der Waals surface area contributed by atoms with Gasteiger partial charge in [-0.2, -0.15) is 0 Å². The molecule has 1 rings (SSSR count). The summed E-state index contributed by atoms with van der Waals surface area (Å²) in [6.07, 6.45) is 0.801. The number of amides is 1. The molecule has 0 radical (unpaired) electrons. The summed E-state index contributed by atoms with van der Waals surface area (Å²) in [5, 5.41) is 9.12. The second kappa shape index (κ2) is 14.6. The fraction of sp³-hybridized carbons (Fsp3) is 0.556. The maximum absolute atomic E-state index is 11.7. The number of nitrogens with one attached hydrogen (secondary N) is 3. The molecule has 7 nitrogen and oxygen atoms in total. The molecule has 3 N–H and O–H groups in total. The van der Waals surface area contributed by atoms with Crippen LogP contribution in [0.4, 0.5) is 0 Å². The van der Waals surface area contributed by atoms with Crippen LogP contribution in [0.5, 0.6) is 5.75 Å². The van der Waals surface area contributed by atoms with E-state index in [9.17, 15) is 4.79 Å². The molecule has 1 aromatic rings. The number of benzene rings is 1. The number of nitrogens with zero attached hydrogens (tertiary/aromatic N) is 1. The number of rotatable bonds is 10. The molecule has 0 atom stereocenters. The molecule has 1 aromatic carbocycles. The smallest absolute Gasteiger partial charge is 0.241 e. The average Bonchev–Trinajstić information content (AvgIpc) is 2.60. The van der Waals surface area contributed by atoms with Crippen molar-refractivity contribution in [2.45, 2.75) is 20.3 Å². The Balaban J connectivity index is 0.00000625. The lowest BCUT2D eigenvalue weighted by Gasteiger charge is -2.13. The largest absolute Gasteiger partial charge is 0.496 e. The number of ether oxygens (including phenoxy) is 2. The Kier molecular flexibility index (Phi) is 13.7. The van der Waals surface area contributed by atoms with Crippen LogP contribution in [0.3, 0.4) is 0 Å². The molecule has 26 heavy (non-hydrogen) atoms. The zero-order chi connectivity index (χ0) is 18.5. The SMILES string of the molecule is CCNC(=NCC(=O)NCCOC)NCCc1cc(C)ccc1OC.I. The molecule has 0 saturated heterocycles. The Morgan fingerprint density at radius 1 is 1.15 bits per heavy atom. The second-order valence-corrected chi connectivity index (χ2v) is 5.53. The minimum atomic E-state index is -0.130. The standard InChI is InChI=1S/C18H30N4O3.HI/c1-5-19-18(22-13-17(23)20-10-11-24-3)21-9-8-15-12-14(2)6-7-16(15)25-4;/h6-7,12H,5,8-11,13H2,1-4H3,(H,20,23)(H2,19,21,22);1H. The third kappa shape index (κ3) is 9.81. The van der Waals surface area contributed by atoms with Gasteiger partial charge in [0.25, 0.3) is 0 Å². The molecule has 0 unspecified atom stereocenters. The van der Waals surface area contributed by atoms with Crippen molar-refractivity contribution in [3.8, 4) is 5.75 Å². The van der Waals surface area contributed by atoms with Crippen molar-refractivity contribution in [3.05, 3.63) is 29.3 Å². The summed E-state index contributed by atoms with van der Waals surface area (Å²) in [6, 6.07) is 6.13. The summed E-state index contributed by atoms with van der Waals surface area (Å²) in [5.74, 6) is 1.37. The van der Waals surface area contributed by atoms with Crippen molar-refractivity contribution in [1.82, 2.24) is 16.0 Å². The number of carbonyl (C=O) groups is 1. The molecule has 148 valence electrons. The van der Waals surface area contributed by atoms with E-state index in [2.05, 4.69) is 33.9 Å². The first-order valence-corrected chi connectivity index (χ1v) is 8.52. The predicted octanol–water partition coefficient (Wildman–Crippen LogP) is 1.48. The highest BCUT2D eigenvalue weighted by Crippen LogP contribution is 2.19. The second-order valence-electron chi connectivity index (χ2n) is 5.53. The predicted molar refractivity (Wildman–Crippen MR) is 116 cm³/mol. The highest BCUT2D eigenvalue weighted by Gasteiger charge is 2.05. The summed E-state index contributed by atoms with van der Waals surface area (Å²) in [5.41, 5.74) is 2.34. The van der Waals surface area contributed by atoms with E-state index in [4.69, 9.17) is 9.47 Å². The van der Waals surface area contributed by atoms with Crippen LogP contribution in [0.2, 0.25) is 0 Å². The summed E-state index contributed by atoms with van der Waals surface area (Å²) in [6.45, 7) is 6.52. The number of carbonyl (C=O) groups excluding carboxylic acids is 1. The molecule has 0 aliphatic heterocycles. The minimum Gasteiger partial charge on any atom is -0.496 e. The van der Waals surface area contributed by atoms with Crippen molar-refractivity contribution in [2.24, 2.45) is 4.99 Å². The quantitative estimate of drug-likeness (QED) is 0.206.